The van der Waals surface area contributed by atoms with Crippen LogP contribution in [-0.4, -0.2) is 37.0 Å². The standard InChI is InChI=1S/C18H18Cl2N2O/c1-13-2-5-15(6-3-13)21-8-10-22(11-9-21)18(23)16-12-14(19)4-7-17(16)20/h2-7,12H,8-11H2,1H3. The number of piperazine rings is 1. The molecular formula is C18H18Cl2N2O. The number of anilines is 1. The Hall–Kier alpha value is -1.71. The van der Waals surface area contributed by atoms with Gasteiger partial charge in [0.2, 0.25) is 0 Å². The summed E-state index contributed by atoms with van der Waals surface area (Å²) in [4.78, 5) is 16.8. The fourth-order valence-electron chi connectivity index (χ4n) is 2.76. The van der Waals surface area contributed by atoms with Gasteiger partial charge in [-0.3, -0.25) is 4.79 Å². The van der Waals surface area contributed by atoms with Gasteiger partial charge in [-0.2, -0.15) is 0 Å². The van der Waals surface area contributed by atoms with Gasteiger partial charge in [-0.05, 0) is 37.3 Å². The van der Waals surface area contributed by atoms with Crippen LogP contribution in [0.1, 0.15) is 15.9 Å². The minimum atomic E-state index is -0.0546. The van der Waals surface area contributed by atoms with Crippen LogP contribution in [0.25, 0.3) is 0 Å². The zero-order valence-electron chi connectivity index (χ0n) is 12.9. The lowest BCUT2D eigenvalue weighted by atomic mass is 10.1. The van der Waals surface area contributed by atoms with Gasteiger partial charge in [0.1, 0.15) is 0 Å². The van der Waals surface area contributed by atoms with Crippen molar-refractivity contribution in [3.05, 3.63) is 63.6 Å². The predicted octanol–water partition coefficient (Wildman–Crippen LogP) is 4.26. The van der Waals surface area contributed by atoms with E-state index in [1.54, 1.807) is 18.2 Å². The monoisotopic (exact) mass is 348 g/mol. The number of carbonyl (C=O) groups is 1. The van der Waals surface area contributed by atoms with Crippen LogP contribution in [0.3, 0.4) is 0 Å². The van der Waals surface area contributed by atoms with E-state index >= 15 is 0 Å². The Labute approximate surface area is 146 Å². The van der Waals surface area contributed by atoms with Crippen LogP contribution in [0.2, 0.25) is 10.0 Å². The van der Waals surface area contributed by atoms with Crippen LogP contribution in [0, 0.1) is 6.92 Å². The number of nitrogens with zero attached hydrogens (tertiary/aromatic N) is 2. The molecular weight excluding hydrogens is 331 g/mol. The molecule has 0 aromatic heterocycles. The summed E-state index contributed by atoms with van der Waals surface area (Å²) >= 11 is 12.1. The van der Waals surface area contributed by atoms with Gasteiger partial charge < -0.3 is 9.80 Å². The highest BCUT2D eigenvalue weighted by atomic mass is 35.5. The molecule has 0 atom stereocenters. The van der Waals surface area contributed by atoms with Gasteiger partial charge in [0, 0.05) is 36.9 Å². The van der Waals surface area contributed by atoms with E-state index < -0.39 is 0 Å². The molecule has 1 amide bonds. The van der Waals surface area contributed by atoms with E-state index in [0.717, 1.165) is 13.1 Å². The molecule has 0 radical (unpaired) electrons. The summed E-state index contributed by atoms with van der Waals surface area (Å²) in [6, 6.07) is 13.5. The molecule has 1 heterocycles. The Morgan fingerprint density at radius 3 is 2.26 bits per heavy atom. The maximum absolute atomic E-state index is 12.6. The summed E-state index contributed by atoms with van der Waals surface area (Å²) in [6.45, 7) is 5.06. The van der Waals surface area contributed by atoms with E-state index in [9.17, 15) is 4.79 Å². The second kappa shape index (κ2) is 6.81. The maximum atomic E-state index is 12.6. The summed E-state index contributed by atoms with van der Waals surface area (Å²) in [6.07, 6.45) is 0. The van der Waals surface area contributed by atoms with Gasteiger partial charge in [0.25, 0.3) is 5.91 Å². The lowest BCUT2D eigenvalue weighted by Crippen LogP contribution is -2.48. The molecule has 1 aliphatic rings. The molecule has 0 bridgehead atoms. The van der Waals surface area contributed by atoms with Crippen molar-refractivity contribution in [3.63, 3.8) is 0 Å². The molecule has 3 rings (SSSR count). The summed E-state index contributed by atoms with van der Waals surface area (Å²) < 4.78 is 0. The number of rotatable bonds is 2. The Morgan fingerprint density at radius 1 is 0.957 bits per heavy atom. The molecule has 0 aliphatic carbocycles. The molecule has 1 saturated heterocycles. The van der Waals surface area contributed by atoms with Gasteiger partial charge in [0.15, 0.2) is 0 Å². The van der Waals surface area contributed by atoms with Crippen molar-refractivity contribution in [2.45, 2.75) is 6.92 Å². The number of hydrogen-bond acceptors (Lipinski definition) is 2. The Morgan fingerprint density at radius 2 is 1.61 bits per heavy atom. The van der Waals surface area contributed by atoms with Crippen molar-refractivity contribution in [1.29, 1.82) is 0 Å². The number of amides is 1. The minimum absolute atomic E-state index is 0.0546. The molecule has 1 fully saturated rings. The fourth-order valence-corrected chi connectivity index (χ4v) is 3.13. The molecule has 0 unspecified atom stereocenters. The number of aryl methyl sites for hydroxylation is 1. The van der Waals surface area contributed by atoms with E-state index in [-0.39, 0.29) is 5.91 Å². The highest BCUT2D eigenvalue weighted by Gasteiger charge is 2.23. The molecule has 1 aliphatic heterocycles. The number of benzene rings is 2. The normalized spacial score (nSPS) is 14.9. The Balaban J connectivity index is 1.67. The van der Waals surface area contributed by atoms with Gasteiger partial charge >= 0.3 is 0 Å². The second-order valence-electron chi connectivity index (χ2n) is 5.74. The summed E-state index contributed by atoms with van der Waals surface area (Å²) in [5.74, 6) is -0.0546. The summed E-state index contributed by atoms with van der Waals surface area (Å²) in [5.41, 5.74) is 2.92. The first-order chi connectivity index (χ1) is 11.0. The van der Waals surface area contributed by atoms with E-state index in [1.165, 1.54) is 11.3 Å². The highest BCUT2D eigenvalue weighted by molar-refractivity contribution is 6.35. The zero-order chi connectivity index (χ0) is 16.4. The average molecular weight is 349 g/mol. The average Bonchev–Trinajstić information content (AvgIpc) is 2.57. The van der Waals surface area contributed by atoms with Crippen LogP contribution in [-0.2, 0) is 0 Å². The Bertz CT molecular complexity index is 707. The molecule has 0 spiro atoms. The van der Waals surface area contributed by atoms with Crippen molar-refractivity contribution in [2.75, 3.05) is 31.1 Å². The van der Waals surface area contributed by atoms with Crippen molar-refractivity contribution in [2.24, 2.45) is 0 Å². The second-order valence-corrected chi connectivity index (χ2v) is 6.58. The third-order valence-corrected chi connectivity index (χ3v) is 4.69. The minimum Gasteiger partial charge on any atom is -0.368 e. The van der Waals surface area contributed by atoms with Gasteiger partial charge in [0.05, 0.1) is 10.6 Å². The van der Waals surface area contributed by atoms with Gasteiger partial charge in [-0.25, -0.2) is 0 Å². The predicted molar refractivity (Wildman–Crippen MR) is 95.8 cm³/mol. The van der Waals surface area contributed by atoms with Crippen molar-refractivity contribution >= 4 is 34.8 Å². The van der Waals surface area contributed by atoms with Gasteiger partial charge in [-0.1, -0.05) is 40.9 Å². The summed E-state index contributed by atoms with van der Waals surface area (Å²) in [5, 5.41) is 0.969. The lowest BCUT2D eigenvalue weighted by Gasteiger charge is -2.36. The smallest absolute Gasteiger partial charge is 0.255 e. The number of carbonyl (C=O) groups excluding carboxylic acids is 1. The SMILES string of the molecule is Cc1ccc(N2CCN(C(=O)c3cc(Cl)ccc3Cl)CC2)cc1. The molecule has 3 nitrogen and oxygen atoms in total. The van der Waals surface area contributed by atoms with E-state index in [1.807, 2.05) is 4.90 Å². The molecule has 2 aromatic rings. The first-order valence-electron chi connectivity index (χ1n) is 7.60. The number of hydrogen-bond donors (Lipinski definition) is 0. The highest BCUT2D eigenvalue weighted by Crippen LogP contribution is 2.23. The van der Waals surface area contributed by atoms with Crippen LogP contribution in [0.15, 0.2) is 42.5 Å². The summed E-state index contributed by atoms with van der Waals surface area (Å²) in [7, 11) is 0. The molecule has 5 heteroatoms. The van der Waals surface area contributed by atoms with E-state index in [4.69, 9.17) is 23.2 Å². The van der Waals surface area contributed by atoms with Crippen LogP contribution < -0.4 is 4.90 Å². The van der Waals surface area contributed by atoms with E-state index in [2.05, 4.69) is 36.1 Å². The first kappa shape index (κ1) is 16.2. The largest absolute Gasteiger partial charge is 0.368 e. The first-order valence-corrected chi connectivity index (χ1v) is 8.36. The molecule has 2 aromatic carbocycles. The van der Waals surface area contributed by atoms with E-state index in [0.29, 0.717) is 28.7 Å². The molecule has 120 valence electrons. The molecule has 0 saturated carbocycles. The third kappa shape index (κ3) is 3.62. The van der Waals surface area contributed by atoms with Crippen LogP contribution in [0.4, 0.5) is 5.69 Å². The van der Waals surface area contributed by atoms with Crippen molar-refractivity contribution in [3.8, 4) is 0 Å². The quantitative estimate of drug-likeness (QED) is 0.809. The topological polar surface area (TPSA) is 23.6 Å². The fraction of sp³-hybridized carbons (Fsp3) is 0.278. The lowest BCUT2D eigenvalue weighted by molar-refractivity contribution is 0.0747. The van der Waals surface area contributed by atoms with Crippen LogP contribution >= 0.6 is 23.2 Å². The maximum Gasteiger partial charge on any atom is 0.255 e. The Kier molecular flexibility index (Phi) is 4.79. The molecule has 0 N–H and O–H groups in total. The van der Waals surface area contributed by atoms with Crippen LogP contribution in [0.5, 0.6) is 0 Å². The van der Waals surface area contributed by atoms with Gasteiger partial charge in [-0.15, -0.1) is 0 Å². The zero-order valence-corrected chi connectivity index (χ0v) is 14.4. The van der Waals surface area contributed by atoms with Crippen molar-refractivity contribution in [1.82, 2.24) is 4.90 Å². The third-order valence-electron chi connectivity index (χ3n) is 4.12. The molecule has 23 heavy (non-hydrogen) atoms. The van der Waals surface area contributed by atoms with Crippen molar-refractivity contribution < 1.29 is 4.79 Å². The number of halogens is 2.